The van der Waals surface area contributed by atoms with Crippen LogP contribution in [0.3, 0.4) is 0 Å². The lowest BCUT2D eigenvalue weighted by Gasteiger charge is -2.49. The lowest BCUT2D eigenvalue weighted by atomic mass is 9.83. The molecule has 3 fully saturated rings. The first kappa shape index (κ1) is 33.3. The fraction of sp³-hybridized carbons (Fsp3) is 0.955. The van der Waals surface area contributed by atoms with Crippen molar-refractivity contribution in [3.8, 4) is 0 Å². The second-order valence-corrected chi connectivity index (χ2v) is 10.3. The van der Waals surface area contributed by atoms with Crippen molar-refractivity contribution in [2.24, 2.45) is 22.9 Å². The second kappa shape index (κ2) is 14.3. The Balaban J connectivity index is 1.85. The minimum Gasteiger partial charge on any atom is -0.394 e. The smallest absolute Gasteiger partial charge is 0.249 e. The predicted molar refractivity (Wildman–Crippen MR) is 131 cm³/mol. The molecule has 16 atom stereocenters. The molecule has 0 bridgehead atoms. The largest absolute Gasteiger partial charge is 0.394 e. The SMILES string of the molecule is NCC[C@H](O)C(=O)N[C@@H]1C[C@H](N)C(O[C@H]2OC(CN)[C@@H](O)C(O)C2O)C(O)[C@H]1O[C@H]1OC(CO)[C@@H](O)[C@H](N)C1O. The molecule has 17 N–H and O–H groups in total. The van der Waals surface area contributed by atoms with Gasteiger partial charge >= 0.3 is 0 Å². The molecule has 2 saturated heterocycles. The van der Waals surface area contributed by atoms with Gasteiger partial charge in [0.05, 0.1) is 18.7 Å². The Bertz CT molecular complexity index is 815. The topological polar surface area (TPSA) is 332 Å². The minimum absolute atomic E-state index is 0.0101. The molecule has 0 spiro atoms. The Hall–Kier alpha value is -1.17. The predicted octanol–water partition coefficient (Wildman–Crippen LogP) is -8.42. The van der Waals surface area contributed by atoms with Crippen molar-refractivity contribution in [1.82, 2.24) is 5.32 Å². The number of nitrogens with two attached hydrogens (primary N) is 4. The van der Waals surface area contributed by atoms with Crippen LogP contribution >= 0.6 is 0 Å². The Morgan fingerprint density at radius 3 is 2.05 bits per heavy atom. The fourth-order valence-corrected chi connectivity index (χ4v) is 5.07. The summed E-state index contributed by atoms with van der Waals surface area (Å²) in [7, 11) is 0. The summed E-state index contributed by atoms with van der Waals surface area (Å²) in [6, 6.07) is -3.45. The molecule has 0 aromatic heterocycles. The van der Waals surface area contributed by atoms with E-state index in [9.17, 15) is 45.6 Å². The van der Waals surface area contributed by atoms with Crippen LogP contribution < -0.4 is 28.3 Å². The number of aliphatic hydroxyl groups is 8. The summed E-state index contributed by atoms with van der Waals surface area (Å²) >= 11 is 0. The van der Waals surface area contributed by atoms with Crippen molar-refractivity contribution in [2.45, 2.75) is 111 Å². The quantitative estimate of drug-likeness (QED) is 0.113. The van der Waals surface area contributed by atoms with Gasteiger partial charge in [-0.25, -0.2) is 0 Å². The van der Waals surface area contributed by atoms with Crippen LogP contribution in [0.15, 0.2) is 0 Å². The molecule has 7 unspecified atom stereocenters. The van der Waals surface area contributed by atoms with Crippen molar-refractivity contribution in [3.63, 3.8) is 0 Å². The molecule has 1 saturated carbocycles. The van der Waals surface area contributed by atoms with E-state index in [0.717, 1.165) is 0 Å². The fourth-order valence-electron chi connectivity index (χ4n) is 5.07. The van der Waals surface area contributed by atoms with E-state index in [4.69, 9.17) is 41.9 Å². The Morgan fingerprint density at radius 2 is 1.45 bits per heavy atom. The highest BCUT2D eigenvalue weighted by Crippen LogP contribution is 2.32. The molecule has 0 radical (unpaired) electrons. The third kappa shape index (κ3) is 7.06. The van der Waals surface area contributed by atoms with Gasteiger partial charge in [-0.3, -0.25) is 4.79 Å². The van der Waals surface area contributed by atoms with Crippen LogP contribution in [-0.4, -0.2) is 164 Å². The molecule has 40 heavy (non-hydrogen) atoms. The van der Waals surface area contributed by atoms with Crippen LogP contribution in [0.5, 0.6) is 0 Å². The second-order valence-electron chi connectivity index (χ2n) is 10.3. The molecule has 3 rings (SSSR count). The van der Waals surface area contributed by atoms with E-state index in [0.29, 0.717) is 0 Å². The number of aliphatic hydroxyl groups excluding tert-OH is 8. The number of ether oxygens (including phenoxy) is 4. The van der Waals surface area contributed by atoms with Crippen LogP contribution in [0.1, 0.15) is 12.8 Å². The zero-order chi connectivity index (χ0) is 29.9. The normalized spacial score (nSPS) is 47.0. The van der Waals surface area contributed by atoms with E-state index < -0.39 is 110 Å². The van der Waals surface area contributed by atoms with Gasteiger partial charge in [0.25, 0.3) is 0 Å². The van der Waals surface area contributed by atoms with Crippen LogP contribution in [0, 0.1) is 0 Å². The minimum atomic E-state index is -1.76. The van der Waals surface area contributed by atoms with E-state index >= 15 is 0 Å². The van der Waals surface area contributed by atoms with Gasteiger partial charge in [0.1, 0.15) is 67.1 Å². The molecular weight excluding hydrogens is 542 g/mol. The Kier molecular flexibility index (Phi) is 11.9. The summed E-state index contributed by atoms with van der Waals surface area (Å²) in [6.07, 6.45) is -19.8. The molecule has 18 heteroatoms. The third-order valence-corrected chi connectivity index (χ3v) is 7.51. The van der Waals surface area contributed by atoms with Gasteiger partial charge < -0.3 is 88.1 Å². The van der Waals surface area contributed by atoms with Gasteiger partial charge in [-0.1, -0.05) is 0 Å². The van der Waals surface area contributed by atoms with Crippen LogP contribution in [0.4, 0.5) is 0 Å². The van der Waals surface area contributed by atoms with E-state index in [2.05, 4.69) is 5.32 Å². The number of carbonyl (C=O) groups is 1. The first-order chi connectivity index (χ1) is 18.9. The maximum Gasteiger partial charge on any atom is 0.249 e. The standard InChI is InChI=1S/C22H43N5O13/c23-2-1-8(29)20(36)27-7-3-6(25)18(39-22-16(34)15(33)13(31)9(4-24)37-22)17(35)19(7)40-21-14(32)11(26)12(30)10(5-28)38-21/h6-19,21-22,28-35H,1-5,23-26H2,(H,27,36)/t6-,7+,8-,9?,10?,11-,12+,13+,14?,15?,16?,17?,18?,19-,21+,22+/m0/s1. The molecule has 1 amide bonds. The lowest BCUT2D eigenvalue weighted by molar-refractivity contribution is -0.332. The molecule has 0 aromatic rings. The highest BCUT2D eigenvalue weighted by atomic mass is 16.7. The van der Waals surface area contributed by atoms with Gasteiger partial charge in [-0.2, -0.15) is 0 Å². The molecule has 3 aliphatic rings. The zero-order valence-electron chi connectivity index (χ0n) is 21.7. The van der Waals surface area contributed by atoms with E-state index in [-0.39, 0.29) is 25.9 Å². The van der Waals surface area contributed by atoms with Crippen molar-refractivity contribution >= 4 is 5.91 Å². The van der Waals surface area contributed by atoms with Gasteiger partial charge in [-0.15, -0.1) is 0 Å². The van der Waals surface area contributed by atoms with E-state index in [1.54, 1.807) is 0 Å². The maximum absolute atomic E-state index is 12.6. The first-order valence-corrected chi connectivity index (χ1v) is 13.1. The maximum atomic E-state index is 12.6. The molecule has 2 heterocycles. The zero-order valence-corrected chi connectivity index (χ0v) is 21.7. The summed E-state index contributed by atoms with van der Waals surface area (Å²) < 4.78 is 22.5. The summed E-state index contributed by atoms with van der Waals surface area (Å²) in [6.45, 7) is -0.898. The van der Waals surface area contributed by atoms with Gasteiger partial charge in [-0.05, 0) is 19.4 Å². The summed E-state index contributed by atoms with van der Waals surface area (Å²) in [5, 5.41) is 84.9. The van der Waals surface area contributed by atoms with E-state index in [1.165, 1.54) is 0 Å². The average Bonchev–Trinajstić information content (AvgIpc) is 2.92. The highest BCUT2D eigenvalue weighted by molar-refractivity contribution is 5.80. The molecular formula is C22H43N5O13. The molecule has 234 valence electrons. The Morgan fingerprint density at radius 1 is 0.850 bits per heavy atom. The molecule has 1 aliphatic carbocycles. The number of rotatable bonds is 10. The lowest BCUT2D eigenvalue weighted by Crippen LogP contribution is -2.69. The van der Waals surface area contributed by atoms with Crippen LogP contribution in [0.2, 0.25) is 0 Å². The number of carbonyl (C=O) groups excluding carboxylic acids is 1. The molecule has 2 aliphatic heterocycles. The van der Waals surface area contributed by atoms with Crippen LogP contribution in [-0.2, 0) is 23.7 Å². The summed E-state index contributed by atoms with van der Waals surface area (Å²) in [5.41, 5.74) is 23.1. The number of hydrogen-bond acceptors (Lipinski definition) is 17. The third-order valence-electron chi connectivity index (χ3n) is 7.51. The first-order valence-electron chi connectivity index (χ1n) is 13.1. The molecule has 18 nitrogen and oxygen atoms in total. The van der Waals surface area contributed by atoms with Crippen molar-refractivity contribution in [3.05, 3.63) is 0 Å². The van der Waals surface area contributed by atoms with Crippen molar-refractivity contribution in [2.75, 3.05) is 19.7 Å². The van der Waals surface area contributed by atoms with Crippen LogP contribution in [0.25, 0.3) is 0 Å². The number of amides is 1. The number of hydrogen-bond donors (Lipinski definition) is 13. The summed E-state index contributed by atoms with van der Waals surface area (Å²) in [5.74, 6) is -0.845. The average molecular weight is 586 g/mol. The van der Waals surface area contributed by atoms with Gasteiger partial charge in [0.2, 0.25) is 5.91 Å². The van der Waals surface area contributed by atoms with Crippen molar-refractivity contribution < 1.29 is 64.6 Å². The Labute approximate surface area is 229 Å². The van der Waals surface area contributed by atoms with Gasteiger partial charge in [0, 0.05) is 12.6 Å². The van der Waals surface area contributed by atoms with Gasteiger partial charge in [0.15, 0.2) is 12.6 Å². The number of nitrogens with one attached hydrogen (secondary N) is 1. The van der Waals surface area contributed by atoms with Crippen molar-refractivity contribution in [1.29, 1.82) is 0 Å². The highest BCUT2D eigenvalue weighted by Gasteiger charge is 2.52. The monoisotopic (exact) mass is 585 g/mol. The molecule has 0 aromatic carbocycles. The van der Waals surface area contributed by atoms with E-state index in [1.807, 2.05) is 0 Å². The summed E-state index contributed by atoms with van der Waals surface area (Å²) in [4.78, 5) is 12.6.